The maximum atomic E-state index is 3.80. The van der Waals surface area contributed by atoms with E-state index < -0.39 is 0 Å². The van der Waals surface area contributed by atoms with E-state index in [2.05, 4.69) is 33.8 Å². The second kappa shape index (κ2) is 3.71. The van der Waals surface area contributed by atoms with Crippen molar-refractivity contribution in [2.45, 2.75) is 27.2 Å². The molecule has 0 fully saturated rings. The van der Waals surface area contributed by atoms with E-state index >= 15 is 0 Å². The van der Waals surface area contributed by atoms with Gasteiger partial charge in [-0.3, -0.25) is 0 Å². The minimum absolute atomic E-state index is 0.701. The number of allylic oxidation sites excluding steroid dienone is 1. The summed E-state index contributed by atoms with van der Waals surface area (Å²) < 4.78 is 0. The lowest BCUT2D eigenvalue weighted by Crippen LogP contribution is -1.87. The predicted octanol–water partition coefficient (Wildman–Crippen LogP) is 2.81. The quantitative estimate of drug-likeness (QED) is 0.491. The van der Waals surface area contributed by atoms with Gasteiger partial charge in [-0.15, -0.1) is 6.58 Å². The molecule has 0 saturated carbocycles. The molecule has 0 unspecified atom stereocenters. The van der Waals surface area contributed by atoms with Crippen LogP contribution in [-0.2, 0) is 0 Å². The van der Waals surface area contributed by atoms with E-state index in [0.29, 0.717) is 5.92 Å². The summed E-state index contributed by atoms with van der Waals surface area (Å²) in [4.78, 5) is 0. The summed E-state index contributed by atoms with van der Waals surface area (Å²) in [5, 5.41) is 0. The second-order valence-corrected chi connectivity index (χ2v) is 2.64. The fraction of sp³-hybridized carbons (Fsp3) is 0.625. The molecular weight excluding hydrogens is 96.1 g/mol. The van der Waals surface area contributed by atoms with Gasteiger partial charge in [0.15, 0.2) is 0 Å². The third kappa shape index (κ3) is 5.74. The van der Waals surface area contributed by atoms with Crippen molar-refractivity contribution in [1.29, 1.82) is 0 Å². The van der Waals surface area contributed by atoms with Gasteiger partial charge in [0.25, 0.3) is 0 Å². The summed E-state index contributed by atoms with van der Waals surface area (Å²) in [5.41, 5.74) is 1.25. The number of hydrogen-bond donors (Lipinski definition) is 0. The Morgan fingerprint density at radius 1 is 1.62 bits per heavy atom. The maximum Gasteiger partial charge on any atom is -0.0292 e. The van der Waals surface area contributed by atoms with Gasteiger partial charge in [0.05, 0.1) is 0 Å². The minimum Gasteiger partial charge on any atom is -0.100 e. The van der Waals surface area contributed by atoms with Crippen LogP contribution < -0.4 is 0 Å². The predicted molar refractivity (Wildman–Crippen MR) is 38.6 cm³/mol. The Labute approximate surface area is 52.6 Å². The van der Waals surface area contributed by atoms with Crippen LogP contribution in [0.25, 0.3) is 0 Å². The lowest BCUT2D eigenvalue weighted by molar-refractivity contribution is 0.730. The average molecular weight is 111 g/mol. The van der Waals surface area contributed by atoms with Gasteiger partial charge in [-0.2, -0.15) is 0 Å². The van der Waals surface area contributed by atoms with Crippen molar-refractivity contribution in [1.82, 2.24) is 0 Å². The molecule has 0 aliphatic carbocycles. The van der Waals surface area contributed by atoms with Gasteiger partial charge in [0.2, 0.25) is 0 Å². The van der Waals surface area contributed by atoms with Crippen molar-refractivity contribution in [2.75, 3.05) is 0 Å². The molecule has 0 aliphatic heterocycles. The molecule has 1 radical (unpaired) electrons. The van der Waals surface area contributed by atoms with Gasteiger partial charge >= 0.3 is 0 Å². The Morgan fingerprint density at radius 3 is 2.25 bits per heavy atom. The minimum atomic E-state index is 0.701. The largest absolute Gasteiger partial charge is 0.100 e. The van der Waals surface area contributed by atoms with Crippen LogP contribution in [0.1, 0.15) is 27.2 Å². The molecule has 0 heteroatoms. The van der Waals surface area contributed by atoms with Crippen LogP contribution in [-0.4, -0.2) is 0 Å². The molecule has 0 rings (SSSR count). The molecule has 0 amide bonds. The summed E-state index contributed by atoms with van der Waals surface area (Å²) in [6.07, 6.45) is 3.33. The summed E-state index contributed by atoms with van der Waals surface area (Å²) in [7, 11) is 0. The highest BCUT2D eigenvalue weighted by atomic mass is 14.0. The van der Waals surface area contributed by atoms with Crippen molar-refractivity contribution >= 4 is 0 Å². The van der Waals surface area contributed by atoms with E-state index in [4.69, 9.17) is 0 Å². The SMILES string of the molecule is C=C(C)C[CH]C(C)C. The van der Waals surface area contributed by atoms with Crippen LogP contribution in [0.15, 0.2) is 12.2 Å². The van der Waals surface area contributed by atoms with Crippen LogP contribution in [0.5, 0.6) is 0 Å². The highest BCUT2D eigenvalue weighted by Crippen LogP contribution is 2.06. The fourth-order valence-corrected chi connectivity index (χ4v) is 0.437. The normalized spacial score (nSPS) is 10.0. The molecule has 0 aromatic rings. The molecule has 47 valence electrons. The lowest BCUT2D eigenvalue weighted by Gasteiger charge is -2.00. The first-order valence-corrected chi connectivity index (χ1v) is 3.10. The first-order chi connectivity index (χ1) is 3.63. The molecule has 8 heavy (non-hydrogen) atoms. The molecule has 0 saturated heterocycles. The van der Waals surface area contributed by atoms with Crippen LogP contribution in [0.3, 0.4) is 0 Å². The van der Waals surface area contributed by atoms with E-state index in [0.717, 1.165) is 6.42 Å². The molecule has 0 spiro atoms. The Balaban J connectivity index is 3.05. The summed E-state index contributed by atoms with van der Waals surface area (Å²) in [5.74, 6) is 0.701. The molecule has 0 heterocycles. The summed E-state index contributed by atoms with van der Waals surface area (Å²) in [6, 6.07) is 0. The third-order valence-electron chi connectivity index (χ3n) is 0.938. The topological polar surface area (TPSA) is 0 Å². The van der Waals surface area contributed by atoms with Gasteiger partial charge in [-0.05, 0) is 25.7 Å². The molecule has 0 aliphatic rings. The highest BCUT2D eigenvalue weighted by molar-refractivity contribution is 4.94. The Morgan fingerprint density at radius 2 is 2.12 bits per heavy atom. The van der Waals surface area contributed by atoms with Crippen molar-refractivity contribution in [2.24, 2.45) is 5.92 Å². The zero-order valence-corrected chi connectivity index (χ0v) is 6.07. The summed E-state index contributed by atoms with van der Waals surface area (Å²) in [6.45, 7) is 10.2. The van der Waals surface area contributed by atoms with Crippen molar-refractivity contribution in [3.05, 3.63) is 18.6 Å². The van der Waals surface area contributed by atoms with Crippen molar-refractivity contribution in [3.63, 3.8) is 0 Å². The Bertz CT molecular complexity index is 70.1. The number of hydrogen-bond acceptors (Lipinski definition) is 0. The van der Waals surface area contributed by atoms with Crippen LogP contribution in [0.2, 0.25) is 0 Å². The van der Waals surface area contributed by atoms with Gasteiger partial charge in [0.1, 0.15) is 0 Å². The Hall–Kier alpha value is -0.260. The lowest BCUT2D eigenvalue weighted by atomic mass is 10.1. The zero-order valence-electron chi connectivity index (χ0n) is 6.07. The first-order valence-electron chi connectivity index (χ1n) is 3.10. The summed E-state index contributed by atoms with van der Waals surface area (Å²) >= 11 is 0. The average Bonchev–Trinajstić information content (AvgIpc) is 1.61. The van der Waals surface area contributed by atoms with Crippen LogP contribution in [0, 0.1) is 12.3 Å². The van der Waals surface area contributed by atoms with Gasteiger partial charge < -0.3 is 0 Å². The monoisotopic (exact) mass is 111 g/mol. The highest BCUT2D eigenvalue weighted by Gasteiger charge is 1.92. The van der Waals surface area contributed by atoms with E-state index in [9.17, 15) is 0 Å². The van der Waals surface area contributed by atoms with E-state index in [-0.39, 0.29) is 0 Å². The van der Waals surface area contributed by atoms with Gasteiger partial charge in [-0.25, -0.2) is 0 Å². The van der Waals surface area contributed by atoms with E-state index in [1.165, 1.54) is 5.57 Å². The maximum absolute atomic E-state index is 3.80. The molecule has 0 aromatic heterocycles. The van der Waals surface area contributed by atoms with Crippen molar-refractivity contribution in [3.8, 4) is 0 Å². The fourth-order valence-electron chi connectivity index (χ4n) is 0.437. The zero-order chi connectivity index (χ0) is 6.57. The molecule has 0 aromatic carbocycles. The van der Waals surface area contributed by atoms with Crippen LogP contribution in [0.4, 0.5) is 0 Å². The second-order valence-electron chi connectivity index (χ2n) is 2.64. The number of rotatable bonds is 3. The molecule has 0 atom stereocenters. The Kier molecular flexibility index (Phi) is 3.59. The third-order valence-corrected chi connectivity index (χ3v) is 0.938. The standard InChI is InChI=1S/C8H15/c1-7(2)5-6-8(3)4/h6,8H,1,5H2,2-4H3. The molecule has 0 nitrogen and oxygen atoms in total. The van der Waals surface area contributed by atoms with Gasteiger partial charge in [-0.1, -0.05) is 19.4 Å². The molecule has 0 bridgehead atoms. The molecule has 0 N–H and O–H groups in total. The van der Waals surface area contributed by atoms with E-state index in [1.54, 1.807) is 0 Å². The van der Waals surface area contributed by atoms with Crippen molar-refractivity contribution < 1.29 is 0 Å². The molecular formula is C8H15. The smallest absolute Gasteiger partial charge is 0.0292 e. The van der Waals surface area contributed by atoms with E-state index in [1.807, 2.05) is 0 Å². The van der Waals surface area contributed by atoms with Gasteiger partial charge in [0, 0.05) is 0 Å². The van der Waals surface area contributed by atoms with Crippen LogP contribution >= 0.6 is 0 Å². The first kappa shape index (κ1) is 7.74.